The highest BCUT2D eigenvalue weighted by molar-refractivity contribution is 6.30. The Balaban J connectivity index is 1.92. The first-order chi connectivity index (χ1) is 8.83. The van der Waals surface area contributed by atoms with Crippen molar-refractivity contribution in [2.75, 3.05) is 19.7 Å². The molecule has 102 valence electrons. The molecule has 0 aliphatic rings. The molecule has 0 unspecified atom stereocenters. The van der Waals surface area contributed by atoms with Crippen molar-refractivity contribution in [1.82, 2.24) is 5.32 Å². The lowest BCUT2D eigenvalue weighted by Crippen LogP contribution is -2.15. The molecule has 0 saturated carbocycles. The molecular weight excluding hydrogens is 246 g/mol. The smallest absolute Gasteiger partial charge is 0.120 e. The summed E-state index contributed by atoms with van der Waals surface area (Å²) in [7, 11) is 0. The van der Waals surface area contributed by atoms with Crippen LogP contribution in [0.25, 0.3) is 0 Å². The van der Waals surface area contributed by atoms with Gasteiger partial charge in [-0.25, -0.2) is 0 Å². The van der Waals surface area contributed by atoms with Crippen LogP contribution in [0.15, 0.2) is 24.3 Å². The van der Waals surface area contributed by atoms with Crippen LogP contribution in [0.2, 0.25) is 5.02 Å². The maximum absolute atomic E-state index is 5.88. The predicted molar refractivity (Wildman–Crippen MR) is 78.6 cm³/mol. The van der Waals surface area contributed by atoms with Gasteiger partial charge in [-0.2, -0.15) is 0 Å². The average molecular weight is 270 g/mol. The molecule has 18 heavy (non-hydrogen) atoms. The van der Waals surface area contributed by atoms with Gasteiger partial charge in [0.1, 0.15) is 5.75 Å². The summed E-state index contributed by atoms with van der Waals surface area (Å²) in [6, 6.07) is 7.57. The van der Waals surface area contributed by atoms with E-state index in [2.05, 4.69) is 12.2 Å². The van der Waals surface area contributed by atoms with E-state index in [-0.39, 0.29) is 0 Å². The van der Waals surface area contributed by atoms with Gasteiger partial charge in [-0.1, -0.05) is 37.4 Å². The second-order valence-corrected chi connectivity index (χ2v) is 4.91. The van der Waals surface area contributed by atoms with Gasteiger partial charge in [0.15, 0.2) is 0 Å². The van der Waals surface area contributed by atoms with Gasteiger partial charge in [-0.05, 0) is 50.6 Å². The van der Waals surface area contributed by atoms with Crippen LogP contribution < -0.4 is 10.1 Å². The summed E-state index contributed by atoms with van der Waals surface area (Å²) in [5, 5.41) is 4.14. The normalized spacial score (nSPS) is 10.6. The fourth-order valence-corrected chi connectivity index (χ4v) is 1.93. The maximum atomic E-state index is 5.88. The highest BCUT2D eigenvalue weighted by atomic mass is 35.5. The largest absolute Gasteiger partial charge is 0.494 e. The molecule has 1 aromatic carbocycles. The van der Waals surface area contributed by atoms with Crippen LogP contribution >= 0.6 is 11.6 Å². The highest BCUT2D eigenvalue weighted by Gasteiger charge is 1.95. The van der Waals surface area contributed by atoms with Crippen LogP contribution in [-0.2, 0) is 0 Å². The molecule has 0 bridgehead atoms. The number of benzene rings is 1. The van der Waals surface area contributed by atoms with Gasteiger partial charge in [0, 0.05) is 5.02 Å². The summed E-state index contributed by atoms with van der Waals surface area (Å²) in [6.07, 6.45) is 6.09. The Morgan fingerprint density at radius 2 is 1.94 bits per heavy atom. The van der Waals surface area contributed by atoms with E-state index < -0.39 is 0 Å². The van der Waals surface area contributed by atoms with Crippen LogP contribution in [0, 0.1) is 0 Å². The van der Waals surface area contributed by atoms with E-state index in [1.807, 2.05) is 24.3 Å². The number of hydrogen-bond donors (Lipinski definition) is 1. The van der Waals surface area contributed by atoms with E-state index in [9.17, 15) is 0 Å². The minimum absolute atomic E-state index is 0.731. The lowest BCUT2D eigenvalue weighted by Gasteiger charge is -2.06. The van der Waals surface area contributed by atoms with E-state index in [1.54, 1.807) is 0 Å². The van der Waals surface area contributed by atoms with Crippen molar-refractivity contribution in [3.05, 3.63) is 29.3 Å². The van der Waals surface area contributed by atoms with Gasteiger partial charge in [-0.15, -0.1) is 0 Å². The summed E-state index contributed by atoms with van der Waals surface area (Å²) in [5.41, 5.74) is 0. The minimum Gasteiger partial charge on any atom is -0.494 e. The summed E-state index contributed by atoms with van der Waals surface area (Å²) < 4.78 is 5.63. The Hall–Kier alpha value is -0.730. The molecule has 0 atom stereocenters. The zero-order chi connectivity index (χ0) is 13.1. The molecule has 0 aliphatic heterocycles. The second-order valence-electron chi connectivity index (χ2n) is 4.47. The molecule has 0 aromatic heterocycles. The fourth-order valence-electron chi connectivity index (χ4n) is 1.75. The first-order valence-corrected chi connectivity index (χ1v) is 7.30. The Morgan fingerprint density at radius 3 is 2.72 bits per heavy atom. The molecule has 0 heterocycles. The van der Waals surface area contributed by atoms with Gasteiger partial charge in [0.05, 0.1) is 6.61 Å². The lowest BCUT2D eigenvalue weighted by atomic mass is 10.2. The Labute approximate surface area is 116 Å². The van der Waals surface area contributed by atoms with Crippen molar-refractivity contribution in [1.29, 1.82) is 0 Å². The number of rotatable bonds is 10. The molecule has 0 spiro atoms. The third-order valence-corrected chi connectivity index (χ3v) is 2.97. The topological polar surface area (TPSA) is 21.3 Å². The van der Waals surface area contributed by atoms with Gasteiger partial charge in [-0.3, -0.25) is 0 Å². The third-order valence-electron chi connectivity index (χ3n) is 2.74. The molecule has 1 aromatic rings. The molecule has 1 rings (SSSR count). The average Bonchev–Trinajstić information content (AvgIpc) is 2.37. The van der Waals surface area contributed by atoms with Gasteiger partial charge < -0.3 is 10.1 Å². The first-order valence-electron chi connectivity index (χ1n) is 6.92. The summed E-state index contributed by atoms with van der Waals surface area (Å²) >= 11 is 5.88. The van der Waals surface area contributed by atoms with Crippen molar-refractivity contribution in [3.63, 3.8) is 0 Å². The molecule has 0 amide bonds. The Kier molecular flexibility index (Phi) is 8.70. The van der Waals surface area contributed by atoms with E-state index in [1.165, 1.54) is 25.7 Å². The summed E-state index contributed by atoms with van der Waals surface area (Å²) in [5.74, 6) is 0.868. The number of nitrogens with one attached hydrogen (secondary N) is 1. The molecule has 0 fully saturated rings. The predicted octanol–water partition coefficient (Wildman–Crippen LogP) is 4.28. The quantitative estimate of drug-likeness (QED) is 0.640. The zero-order valence-electron chi connectivity index (χ0n) is 11.3. The van der Waals surface area contributed by atoms with Crippen LogP contribution in [-0.4, -0.2) is 19.7 Å². The standard InChI is InChI=1S/C15H24ClNO/c1-2-10-17-11-5-3-4-6-12-18-15-9-7-8-14(16)13-15/h7-9,13,17H,2-6,10-12H2,1H3. The summed E-state index contributed by atoms with van der Waals surface area (Å²) in [6.45, 7) is 5.25. The van der Waals surface area contributed by atoms with Crippen LogP contribution in [0.3, 0.4) is 0 Å². The monoisotopic (exact) mass is 269 g/mol. The number of ether oxygens (including phenoxy) is 1. The third kappa shape index (κ3) is 7.57. The van der Waals surface area contributed by atoms with E-state index in [0.717, 1.165) is 36.9 Å². The zero-order valence-corrected chi connectivity index (χ0v) is 12.0. The molecule has 0 saturated heterocycles. The van der Waals surface area contributed by atoms with E-state index in [4.69, 9.17) is 16.3 Å². The van der Waals surface area contributed by atoms with E-state index in [0.29, 0.717) is 0 Å². The SMILES string of the molecule is CCCNCCCCCCOc1cccc(Cl)c1. The van der Waals surface area contributed by atoms with Crippen LogP contribution in [0.1, 0.15) is 39.0 Å². The van der Waals surface area contributed by atoms with Gasteiger partial charge in [0.25, 0.3) is 0 Å². The van der Waals surface area contributed by atoms with Crippen molar-refractivity contribution in [2.24, 2.45) is 0 Å². The van der Waals surface area contributed by atoms with Gasteiger partial charge in [0.2, 0.25) is 0 Å². The Bertz CT molecular complexity index is 317. The van der Waals surface area contributed by atoms with Crippen molar-refractivity contribution in [3.8, 4) is 5.75 Å². The number of halogens is 1. The second kappa shape index (κ2) is 10.2. The minimum atomic E-state index is 0.731. The van der Waals surface area contributed by atoms with Crippen LogP contribution in [0.4, 0.5) is 0 Å². The fraction of sp³-hybridized carbons (Fsp3) is 0.600. The summed E-state index contributed by atoms with van der Waals surface area (Å²) in [4.78, 5) is 0. The molecule has 0 aliphatic carbocycles. The van der Waals surface area contributed by atoms with Crippen LogP contribution in [0.5, 0.6) is 5.75 Å². The maximum Gasteiger partial charge on any atom is 0.120 e. The Morgan fingerprint density at radius 1 is 1.11 bits per heavy atom. The molecule has 2 nitrogen and oxygen atoms in total. The molecule has 0 radical (unpaired) electrons. The lowest BCUT2D eigenvalue weighted by molar-refractivity contribution is 0.304. The molecule has 1 N–H and O–H groups in total. The molecular formula is C15H24ClNO. The number of unbranched alkanes of at least 4 members (excludes halogenated alkanes) is 3. The van der Waals surface area contributed by atoms with Crippen molar-refractivity contribution >= 4 is 11.6 Å². The van der Waals surface area contributed by atoms with Crippen molar-refractivity contribution < 1.29 is 4.74 Å². The van der Waals surface area contributed by atoms with E-state index >= 15 is 0 Å². The number of hydrogen-bond acceptors (Lipinski definition) is 2. The highest BCUT2D eigenvalue weighted by Crippen LogP contribution is 2.17. The van der Waals surface area contributed by atoms with Gasteiger partial charge >= 0.3 is 0 Å². The van der Waals surface area contributed by atoms with Crippen molar-refractivity contribution in [2.45, 2.75) is 39.0 Å². The first kappa shape index (κ1) is 15.3. The molecule has 3 heteroatoms.